The van der Waals surface area contributed by atoms with Gasteiger partial charge in [-0.3, -0.25) is 4.79 Å². The third-order valence-corrected chi connectivity index (χ3v) is 6.97. The summed E-state index contributed by atoms with van der Waals surface area (Å²) in [6.45, 7) is 16.1. The fourth-order valence-electron chi connectivity index (χ4n) is 3.67. The molecule has 0 aliphatic carbocycles. The number of hydrogen-bond donors (Lipinski definition) is 0. The number of nitrogens with zero attached hydrogens (tertiary/aromatic N) is 2. The zero-order valence-electron chi connectivity index (χ0n) is 20.8. The minimum Gasteiger partial charge on any atom is -0.474 e. The highest BCUT2D eigenvalue weighted by molar-refractivity contribution is 7.90. The van der Waals surface area contributed by atoms with Crippen LogP contribution in [0.2, 0.25) is 0 Å². The predicted octanol–water partition coefficient (Wildman–Crippen LogP) is 5.54. The molecule has 6 nitrogen and oxygen atoms in total. The van der Waals surface area contributed by atoms with E-state index in [0.717, 1.165) is 24.0 Å². The van der Waals surface area contributed by atoms with Gasteiger partial charge in [-0.25, -0.2) is 13.1 Å². The molecule has 0 aliphatic rings. The molecular formula is C25H36N2O4S. The zero-order valence-corrected chi connectivity index (χ0v) is 21.6. The van der Waals surface area contributed by atoms with Gasteiger partial charge in [0.2, 0.25) is 11.7 Å². The van der Waals surface area contributed by atoms with E-state index in [1.165, 1.54) is 6.26 Å². The van der Waals surface area contributed by atoms with Gasteiger partial charge in [-0.15, -0.1) is 0 Å². The Hall–Kier alpha value is -2.41. The van der Waals surface area contributed by atoms with E-state index in [-0.39, 0.29) is 16.8 Å². The molecular weight excluding hydrogens is 424 g/mol. The minimum absolute atomic E-state index is 0.0644. The largest absolute Gasteiger partial charge is 0.474 e. The van der Waals surface area contributed by atoms with Gasteiger partial charge >= 0.3 is 0 Å². The number of allylic oxidation sites excluding steroid dienone is 2. The van der Waals surface area contributed by atoms with Crippen LogP contribution in [0.4, 0.5) is 0 Å². The summed E-state index contributed by atoms with van der Waals surface area (Å²) in [4.78, 5) is 14.0. The highest BCUT2D eigenvalue weighted by atomic mass is 32.2. The maximum Gasteiger partial charge on any atom is 0.223 e. The molecule has 1 aromatic carbocycles. The second-order valence-corrected chi connectivity index (χ2v) is 10.6. The Bertz CT molecular complexity index is 1150. The molecule has 7 heteroatoms. The number of hydrogen-bond acceptors (Lipinski definition) is 5. The summed E-state index contributed by atoms with van der Waals surface area (Å²) < 4.78 is 32.9. The number of aryl methyl sites for hydroxylation is 2. The Morgan fingerprint density at radius 2 is 1.75 bits per heavy atom. The van der Waals surface area contributed by atoms with Crippen molar-refractivity contribution < 1.29 is 17.9 Å². The lowest BCUT2D eigenvalue weighted by Gasteiger charge is -2.18. The van der Waals surface area contributed by atoms with Crippen molar-refractivity contribution in [3.05, 3.63) is 45.7 Å². The fraction of sp³-hybridized carbons (Fsp3) is 0.520. The van der Waals surface area contributed by atoms with E-state index >= 15 is 0 Å². The number of carbonyl (C=O) groups excluding carboxylic acids is 1. The molecule has 1 atom stereocenters. The van der Waals surface area contributed by atoms with Gasteiger partial charge in [0.15, 0.2) is 9.84 Å². The van der Waals surface area contributed by atoms with Crippen LogP contribution in [0.15, 0.2) is 22.6 Å². The molecule has 0 amide bonds. The summed E-state index contributed by atoms with van der Waals surface area (Å²) >= 11 is 0. The lowest BCUT2D eigenvalue weighted by atomic mass is 9.91. The molecule has 0 N–H and O–H groups in total. The average Bonchev–Trinajstić information content (AvgIpc) is 3.00. The van der Waals surface area contributed by atoms with Crippen molar-refractivity contribution in [2.45, 2.75) is 85.8 Å². The van der Waals surface area contributed by atoms with E-state index in [1.54, 1.807) is 16.8 Å². The summed E-state index contributed by atoms with van der Waals surface area (Å²) in [5.74, 6) is 0.277. The number of sulfone groups is 1. The SMILES string of the molecule is CCCn1nc(C)c(C(=O)c2ccc(S(C)(=O)=O)c(C(C)=C(C)C)c2C)c1OC(C)CC. The molecule has 0 bridgehead atoms. The van der Waals surface area contributed by atoms with Crippen molar-refractivity contribution in [3.63, 3.8) is 0 Å². The highest BCUT2D eigenvalue weighted by Gasteiger charge is 2.28. The van der Waals surface area contributed by atoms with Gasteiger partial charge in [0, 0.05) is 18.4 Å². The first-order valence-electron chi connectivity index (χ1n) is 11.1. The Kier molecular flexibility index (Phi) is 8.10. The summed E-state index contributed by atoms with van der Waals surface area (Å²) in [6.07, 6.45) is 2.79. The molecule has 1 unspecified atom stereocenters. The van der Waals surface area contributed by atoms with E-state index in [9.17, 15) is 13.2 Å². The van der Waals surface area contributed by atoms with Gasteiger partial charge < -0.3 is 4.74 Å². The van der Waals surface area contributed by atoms with Crippen LogP contribution in [0.3, 0.4) is 0 Å². The Labute approximate surface area is 192 Å². The van der Waals surface area contributed by atoms with Crippen molar-refractivity contribution >= 4 is 21.2 Å². The normalized spacial score (nSPS) is 12.5. The summed E-state index contributed by atoms with van der Waals surface area (Å²) in [5, 5.41) is 4.57. The summed E-state index contributed by atoms with van der Waals surface area (Å²) in [5.41, 5.74) is 4.60. The smallest absolute Gasteiger partial charge is 0.223 e. The number of ketones is 1. The topological polar surface area (TPSA) is 78.3 Å². The standard InChI is InChI=1S/C25H36N2O4S/c1-10-14-27-25(31-16(5)11-2)23(19(8)26-27)24(28)20-12-13-21(32(9,29)30)22(18(20)7)17(6)15(3)4/h12-13,16H,10-11,14H2,1-9H3. The van der Waals surface area contributed by atoms with Crippen LogP contribution < -0.4 is 4.74 Å². The van der Waals surface area contributed by atoms with Gasteiger partial charge in [-0.05, 0) is 83.2 Å². The number of aromatic nitrogens is 2. The highest BCUT2D eigenvalue weighted by Crippen LogP contribution is 2.34. The second-order valence-electron chi connectivity index (χ2n) is 8.66. The van der Waals surface area contributed by atoms with Crippen LogP contribution in [0.1, 0.15) is 87.1 Å². The van der Waals surface area contributed by atoms with Gasteiger partial charge in [0.25, 0.3) is 0 Å². The Morgan fingerprint density at radius 3 is 2.25 bits per heavy atom. The molecule has 1 aromatic heterocycles. The monoisotopic (exact) mass is 460 g/mol. The van der Waals surface area contributed by atoms with Crippen LogP contribution in [0.5, 0.6) is 5.88 Å². The predicted molar refractivity (Wildman–Crippen MR) is 129 cm³/mol. The molecule has 2 rings (SSSR count). The number of carbonyl (C=O) groups is 1. The van der Waals surface area contributed by atoms with Gasteiger partial charge in [-0.1, -0.05) is 19.4 Å². The third-order valence-electron chi connectivity index (χ3n) is 5.83. The van der Waals surface area contributed by atoms with Gasteiger partial charge in [0.05, 0.1) is 16.7 Å². The maximum atomic E-state index is 13.8. The molecule has 176 valence electrons. The summed E-state index contributed by atoms with van der Waals surface area (Å²) in [6, 6.07) is 3.15. The van der Waals surface area contributed by atoms with Crippen LogP contribution in [-0.2, 0) is 16.4 Å². The van der Waals surface area contributed by atoms with E-state index in [1.807, 2.05) is 55.4 Å². The molecule has 0 saturated heterocycles. The Balaban J connectivity index is 2.79. The first-order chi connectivity index (χ1) is 14.8. The Morgan fingerprint density at radius 1 is 1.12 bits per heavy atom. The number of ether oxygens (including phenoxy) is 1. The van der Waals surface area contributed by atoms with E-state index in [2.05, 4.69) is 5.10 Å². The molecule has 0 radical (unpaired) electrons. The lowest BCUT2D eigenvalue weighted by molar-refractivity contribution is 0.102. The van der Waals surface area contributed by atoms with Crippen molar-refractivity contribution in [1.82, 2.24) is 9.78 Å². The van der Waals surface area contributed by atoms with Gasteiger partial charge in [0.1, 0.15) is 5.56 Å². The lowest BCUT2D eigenvalue weighted by Crippen LogP contribution is -2.17. The van der Waals surface area contributed by atoms with Crippen molar-refractivity contribution in [3.8, 4) is 5.88 Å². The van der Waals surface area contributed by atoms with Crippen LogP contribution in [0, 0.1) is 13.8 Å². The molecule has 32 heavy (non-hydrogen) atoms. The number of rotatable bonds is 9. The van der Waals surface area contributed by atoms with E-state index in [4.69, 9.17) is 4.74 Å². The van der Waals surface area contributed by atoms with E-state index < -0.39 is 9.84 Å². The third kappa shape index (κ3) is 5.14. The molecule has 0 saturated carbocycles. The number of benzene rings is 1. The van der Waals surface area contributed by atoms with Crippen LogP contribution >= 0.6 is 0 Å². The second kappa shape index (κ2) is 10.0. The van der Waals surface area contributed by atoms with Crippen molar-refractivity contribution in [2.75, 3.05) is 6.26 Å². The quantitative estimate of drug-likeness (QED) is 0.459. The van der Waals surface area contributed by atoms with E-state index in [0.29, 0.717) is 40.4 Å². The first kappa shape index (κ1) is 25.8. The molecule has 0 spiro atoms. The average molecular weight is 461 g/mol. The molecule has 1 heterocycles. The molecule has 0 aliphatic heterocycles. The van der Waals surface area contributed by atoms with Crippen LogP contribution in [0.25, 0.3) is 5.57 Å². The summed E-state index contributed by atoms with van der Waals surface area (Å²) in [7, 11) is -3.47. The minimum atomic E-state index is -3.47. The fourth-order valence-corrected chi connectivity index (χ4v) is 4.66. The maximum absolute atomic E-state index is 13.8. The first-order valence-corrected chi connectivity index (χ1v) is 13.0. The molecule has 2 aromatic rings. The zero-order chi connectivity index (χ0) is 24.4. The van der Waals surface area contributed by atoms with Gasteiger partial charge in [-0.2, -0.15) is 5.10 Å². The van der Waals surface area contributed by atoms with Crippen LogP contribution in [-0.4, -0.2) is 36.3 Å². The molecule has 0 fully saturated rings. The van der Waals surface area contributed by atoms with Crippen molar-refractivity contribution in [2.24, 2.45) is 0 Å². The van der Waals surface area contributed by atoms with Crippen molar-refractivity contribution in [1.29, 1.82) is 0 Å².